The molecule has 0 spiro atoms. The van der Waals surface area contributed by atoms with Gasteiger partial charge in [-0.05, 0) is 25.0 Å². The van der Waals surface area contributed by atoms with Gasteiger partial charge in [-0.15, -0.1) is 0 Å². The molecule has 1 aliphatic rings. The lowest BCUT2D eigenvalue weighted by Gasteiger charge is -2.07. The largest absolute Gasteiger partial charge is 0.398 e. The van der Waals surface area contributed by atoms with Crippen molar-refractivity contribution in [3.8, 4) is 0 Å². The molecule has 0 saturated heterocycles. The van der Waals surface area contributed by atoms with Crippen molar-refractivity contribution in [1.82, 2.24) is 0 Å². The minimum atomic E-state index is 0.596. The summed E-state index contributed by atoms with van der Waals surface area (Å²) in [6.45, 7) is 6.81. The molecule has 0 heterocycles. The zero-order chi connectivity index (χ0) is 9.26. The van der Waals surface area contributed by atoms with Gasteiger partial charge in [-0.1, -0.05) is 6.07 Å². The van der Waals surface area contributed by atoms with Gasteiger partial charge < -0.3 is 11.1 Å². The van der Waals surface area contributed by atoms with Crippen LogP contribution in [0.4, 0.5) is 17.1 Å². The van der Waals surface area contributed by atoms with E-state index >= 15 is 0 Å². The van der Waals surface area contributed by atoms with E-state index in [2.05, 4.69) is 10.2 Å². The van der Waals surface area contributed by atoms with Gasteiger partial charge in [0.05, 0.1) is 12.3 Å². The van der Waals surface area contributed by atoms with E-state index in [-0.39, 0.29) is 0 Å². The first-order valence-corrected chi connectivity index (χ1v) is 4.33. The van der Waals surface area contributed by atoms with Crippen LogP contribution in [0.25, 0.3) is 4.85 Å². The lowest BCUT2D eigenvalue weighted by Crippen LogP contribution is -2.03. The first-order chi connectivity index (χ1) is 6.29. The van der Waals surface area contributed by atoms with Crippen molar-refractivity contribution in [2.24, 2.45) is 0 Å². The summed E-state index contributed by atoms with van der Waals surface area (Å²) in [6, 6.07) is 5.97. The topological polar surface area (TPSA) is 42.4 Å². The molecule has 0 aliphatic heterocycles. The average molecular weight is 173 g/mol. The number of hydrogen-bond donors (Lipinski definition) is 2. The third-order valence-corrected chi connectivity index (χ3v) is 2.10. The number of nitrogens with one attached hydrogen (secondary N) is 1. The van der Waals surface area contributed by atoms with E-state index in [0.29, 0.717) is 17.4 Å². The van der Waals surface area contributed by atoms with Gasteiger partial charge in [0.2, 0.25) is 0 Å². The van der Waals surface area contributed by atoms with Gasteiger partial charge in [0.15, 0.2) is 5.69 Å². The quantitative estimate of drug-likeness (QED) is 0.532. The highest BCUT2D eigenvalue weighted by atomic mass is 15.0. The summed E-state index contributed by atoms with van der Waals surface area (Å²) in [5.41, 5.74) is 7.98. The molecule has 1 aliphatic carbocycles. The fraction of sp³-hybridized carbons (Fsp3) is 0.300. The van der Waals surface area contributed by atoms with E-state index in [1.165, 1.54) is 12.8 Å². The highest BCUT2D eigenvalue weighted by molar-refractivity contribution is 5.72. The highest BCUT2D eigenvalue weighted by Gasteiger charge is 2.21. The normalized spacial score (nSPS) is 15.0. The van der Waals surface area contributed by atoms with Crippen molar-refractivity contribution in [1.29, 1.82) is 0 Å². The predicted molar refractivity (Wildman–Crippen MR) is 53.8 cm³/mol. The zero-order valence-corrected chi connectivity index (χ0v) is 7.25. The molecule has 3 heteroatoms. The fourth-order valence-corrected chi connectivity index (χ4v) is 1.20. The molecule has 0 amide bonds. The van der Waals surface area contributed by atoms with Crippen molar-refractivity contribution >= 4 is 17.1 Å². The third-order valence-electron chi connectivity index (χ3n) is 2.10. The van der Waals surface area contributed by atoms with Gasteiger partial charge in [0.1, 0.15) is 0 Å². The molecule has 2 rings (SSSR count). The molecule has 0 atom stereocenters. The number of nitrogens with zero attached hydrogens (tertiary/aromatic N) is 1. The van der Waals surface area contributed by atoms with Crippen molar-refractivity contribution in [2.75, 3.05) is 11.1 Å². The molecule has 1 aromatic rings. The maximum atomic E-state index is 6.81. The Morgan fingerprint density at radius 2 is 2.23 bits per heavy atom. The maximum Gasteiger partial charge on any atom is 0.189 e. The van der Waals surface area contributed by atoms with Gasteiger partial charge in [0.25, 0.3) is 0 Å². The first kappa shape index (κ1) is 7.93. The second-order valence-electron chi connectivity index (χ2n) is 3.30. The Bertz CT molecular complexity index is 361. The Labute approximate surface area is 77.4 Å². The molecule has 1 aromatic carbocycles. The molecular weight excluding hydrogens is 162 g/mol. The van der Waals surface area contributed by atoms with E-state index in [0.717, 1.165) is 5.69 Å². The Morgan fingerprint density at radius 3 is 2.77 bits per heavy atom. The second-order valence-corrected chi connectivity index (χ2v) is 3.30. The maximum absolute atomic E-state index is 6.81. The summed E-state index contributed by atoms with van der Waals surface area (Å²) < 4.78 is 0. The Hall–Kier alpha value is -1.69. The summed E-state index contributed by atoms with van der Waals surface area (Å²) in [5, 5.41) is 3.31. The smallest absolute Gasteiger partial charge is 0.189 e. The van der Waals surface area contributed by atoms with Crippen LogP contribution in [0.3, 0.4) is 0 Å². The van der Waals surface area contributed by atoms with Crippen LogP contribution < -0.4 is 11.1 Å². The number of rotatable bonds is 2. The molecule has 3 N–H and O–H groups in total. The lowest BCUT2D eigenvalue weighted by molar-refractivity contribution is 1.16. The number of benzene rings is 1. The van der Waals surface area contributed by atoms with Gasteiger partial charge in [-0.25, -0.2) is 4.85 Å². The van der Waals surface area contributed by atoms with Crippen LogP contribution >= 0.6 is 0 Å². The predicted octanol–water partition coefficient (Wildman–Crippen LogP) is 2.39. The molecular formula is C10H11N3. The van der Waals surface area contributed by atoms with Gasteiger partial charge >= 0.3 is 0 Å². The van der Waals surface area contributed by atoms with E-state index in [4.69, 9.17) is 12.3 Å². The summed E-state index contributed by atoms with van der Waals surface area (Å²) in [5.74, 6) is 0. The van der Waals surface area contributed by atoms with Crippen LogP contribution in [0.2, 0.25) is 0 Å². The molecule has 0 aromatic heterocycles. The molecule has 13 heavy (non-hydrogen) atoms. The third kappa shape index (κ3) is 1.73. The minimum absolute atomic E-state index is 0.596. The lowest BCUT2D eigenvalue weighted by atomic mass is 10.2. The number of nitrogen functional groups attached to an aromatic ring is 1. The summed E-state index contributed by atoms with van der Waals surface area (Å²) >= 11 is 0. The van der Waals surface area contributed by atoms with Crippen LogP contribution in [-0.4, -0.2) is 6.04 Å². The van der Waals surface area contributed by atoms with Crippen LogP contribution in [0.15, 0.2) is 18.2 Å². The molecule has 3 nitrogen and oxygen atoms in total. The van der Waals surface area contributed by atoms with Crippen molar-refractivity contribution in [3.63, 3.8) is 0 Å². The second kappa shape index (κ2) is 2.98. The highest BCUT2D eigenvalue weighted by Crippen LogP contribution is 2.30. The Balaban J connectivity index is 2.21. The average Bonchev–Trinajstić information content (AvgIpc) is 2.92. The van der Waals surface area contributed by atoms with Crippen LogP contribution in [0.5, 0.6) is 0 Å². The number of hydrogen-bond acceptors (Lipinski definition) is 2. The fourth-order valence-electron chi connectivity index (χ4n) is 1.20. The molecule has 1 saturated carbocycles. The summed E-state index contributed by atoms with van der Waals surface area (Å²) in [7, 11) is 0. The summed E-state index contributed by atoms with van der Waals surface area (Å²) in [6.07, 6.45) is 2.45. The number of anilines is 2. The summed E-state index contributed by atoms with van der Waals surface area (Å²) in [4.78, 5) is 3.31. The van der Waals surface area contributed by atoms with E-state index in [9.17, 15) is 0 Å². The molecule has 66 valence electrons. The van der Waals surface area contributed by atoms with E-state index in [1.54, 1.807) is 12.1 Å². The van der Waals surface area contributed by atoms with Crippen LogP contribution in [-0.2, 0) is 0 Å². The Kier molecular flexibility index (Phi) is 1.82. The van der Waals surface area contributed by atoms with Crippen molar-refractivity contribution in [2.45, 2.75) is 18.9 Å². The molecule has 1 fully saturated rings. The van der Waals surface area contributed by atoms with Gasteiger partial charge in [-0.2, -0.15) is 0 Å². The molecule has 0 unspecified atom stereocenters. The zero-order valence-electron chi connectivity index (χ0n) is 7.25. The number of nitrogens with two attached hydrogens (primary N) is 1. The minimum Gasteiger partial charge on any atom is -0.398 e. The monoisotopic (exact) mass is 173 g/mol. The first-order valence-electron chi connectivity index (χ1n) is 4.33. The SMILES string of the molecule is [C-]#[N+]c1ccc(NC2CC2)c(N)c1. The van der Waals surface area contributed by atoms with E-state index < -0.39 is 0 Å². The molecule has 0 radical (unpaired) electrons. The van der Waals surface area contributed by atoms with Crippen LogP contribution in [0.1, 0.15) is 12.8 Å². The molecule has 0 bridgehead atoms. The van der Waals surface area contributed by atoms with Crippen molar-refractivity contribution < 1.29 is 0 Å². The van der Waals surface area contributed by atoms with Crippen molar-refractivity contribution in [3.05, 3.63) is 29.6 Å². The van der Waals surface area contributed by atoms with E-state index in [1.807, 2.05) is 6.07 Å². The Morgan fingerprint density at radius 1 is 1.46 bits per heavy atom. The van der Waals surface area contributed by atoms with Crippen LogP contribution in [0, 0.1) is 6.57 Å². The van der Waals surface area contributed by atoms with Gasteiger partial charge in [0, 0.05) is 11.7 Å². The standard InChI is InChI=1S/C10H11N3/c1-12-8-4-5-10(9(11)6-8)13-7-2-3-7/h4-7,13H,2-3,11H2. The van der Waals surface area contributed by atoms with Gasteiger partial charge in [-0.3, -0.25) is 0 Å².